The van der Waals surface area contributed by atoms with Crippen LogP contribution in [0.5, 0.6) is 5.75 Å². The fraction of sp³-hybridized carbons (Fsp3) is 0.500. The normalized spacial score (nSPS) is 21.3. The van der Waals surface area contributed by atoms with Gasteiger partial charge in [-0.3, -0.25) is 9.69 Å². The number of carboxylic acid groups (broad SMARTS) is 1. The first-order valence-electron chi connectivity index (χ1n) is 14.2. The van der Waals surface area contributed by atoms with Crippen molar-refractivity contribution in [1.29, 1.82) is 0 Å². The number of hydrogen-bond donors (Lipinski definition) is 1. The Labute approximate surface area is 251 Å². The molecular weight excluding hydrogens is 592 g/mol. The molecule has 1 amide bonds. The first-order valence-corrected chi connectivity index (χ1v) is 14.2. The van der Waals surface area contributed by atoms with E-state index in [4.69, 9.17) is 9.47 Å². The minimum Gasteiger partial charge on any atom is -0.496 e. The number of carboxylic acids is 1. The number of hydrogen-bond acceptors (Lipinski definition) is 4. The maximum absolute atomic E-state index is 13.5. The fourth-order valence-electron chi connectivity index (χ4n) is 5.96. The topological polar surface area (TPSA) is 76.1 Å². The van der Waals surface area contributed by atoms with Gasteiger partial charge in [0.05, 0.1) is 30.2 Å². The summed E-state index contributed by atoms with van der Waals surface area (Å²) >= 11 is 0. The lowest BCUT2D eigenvalue weighted by Gasteiger charge is -2.36. The number of allylic oxidation sites excluding steroid dienone is 1. The summed E-state index contributed by atoms with van der Waals surface area (Å²) in [6.07, 6.45) is -10.0. The second-order valence-electron chi connectivity index (χ2n) is 12.4. The van der Waals surface area contributed by atoms with E-state index in [1.807, 2.05) is 6.07 Å². The molecule has 3 atom stereocenters. The molecule has 12 heteroatoms. The Morgan fingerprint density at radius 1 is 1.09 bits per heavy atom. The average Bonchev–Trinajstić information content (AvgIpc) is 3.20. The summed E-state index contributed by atoms with van der Waals surface area (Å²) in [6.45, 7) is 7.33. The van der Waals surface area contributed by atoms with Crippen molar-refractivity contribution in [3.05, 3.63) is 69.8 Å². The van der Waals surface area contributed by atoms with E-state index in [2.05, 4.69) is 13.8 Å². The van der Waals surface area contributed by atoms with Crippen molar-refractivity contribution in [3.63, 3.8) is 0 Å². The summed E-state index contributed by atoms with van der Waals surface area (Å²) in [5.74, 6) is -0.996. The quantitative estimate of drug-likeness (QED) is 0.297. The molecule has 0 saturated carbocycles. The zero-order valence-corrected chi connectivity index (χ0v) is 25.0. The number of alkyl halides is 6. The van der Waals surface area contributed by atoms with E-state index in [0.29, 0.717) is 30.7 Å². The number of amides is 1. The van der Waals surface area contributed by atoms with Gasteiger partial charge < -0.3 is 14.6 Å². The lowest BCUT2D eigenvalue weighted by atomic mass is 9.72. The van der Waals surface area contributed by atoms with Gasteiger partial charge in [0.15, 0.2) is 0 Å². The molecule has 2 aliphatic rings. The molecule has 1 aliphatic carbocycles. The molecule has 2 aromatic carbocycles. The first-order chi connectivity index (χ1) is 20.3. The Morgan fingerprint density at radius 3 is 2.25 bits per heavy atom. The van der Waals surface area contributed by atoms with Gasteiger partial charge in [-0.05, 0) is 90.6 Å². The molecule has 1 saturated heterocycles. The molecule has 0 bridgehead atoms. The fourth-order valence-corrected chi connectivity index (χ4v) is 5.96. The van der Waals surface area contributed by atoms with Crippen molar-refractivity contribution >= 4 is 17.6 Å². The molecule has 0 spiro atoms. The summed E-state index contributed by atoms with van der Waals surface area (Å²) in [5.41, 5.74) is -0.226. The lowest BCUT2D eigenvalue weighted by molar-refractivity contribution is -0.143. The number of carbonyl (C=O) groups excluding carboxylic acids is 1. The number of aliphatic carboxylic acids is 1. The number of carbonyl (C=O) groups is 2. The van der Waals surface area contributed by atoms with E-state index >= 15 is 0 Å². The molecule has 1 N–H and O–H groups in total. The van der Waals surface area contributed by atoms with Crippen molar-refractivity contribution in [3.8, 4) is 5.75 Å². The molecule has 1 aliphatic heterocycles. The zero-order chi connectivity index (χ0) is 32.8. The van der Waals surface area contributed by atoms with Gasteiger partial charge in [-0.25, -0.2) is 4.79 Å². The molecule has 1 heterocycles. The highest BCUT2D eigenvalue weighted by Crippen LogP contribution is 2.46. The first kappa shape index (κ1) is 33.2. The van der Waals surface area contributed by atoms with E-state index in [9.17, 15) is 41.0 Å². The molecule has 44 heavy (non-hydrogen) atoms. The Bertz CT molecular complexity index is 1430. The van der Waals surface area contributed by atoms with E-state index in [0.717, 1.165) is 28.7 Å². The van der Waals surface area contributed by atoms with Crippen molar-refractivity contribution in [2.24, 2.45) is 11.3 Å². The Kier molecular flexibility index (Phi) is 9.06. The van der Waals surface area contributed by atoms with Gasteiger partial charge in [0, 0.05) is 12.1 Å². The third-order valence-electron chi connectivity index (χ3n) is 8.41. The van der Waals surface area contributed by atoms with Crippen LogP contribution in [0.1, 0.15) is 80.9 Å². The molecular formula is C32H35F6NO5. The van der Waals surface area contributed by atoms with Gasteiger partial charge in [0.1, 0.15) is 11.9 Å². The third-order valence-corrected chi connectivity index (χ3v) is 8.41. The van der Waals surface area contributed by atoms with Gasteiger partial charge in [0.25, 0.3) is 0 Å². The largest absolute Gasteiger partial charge is 0.496 e. The highest BCUT2D eigenvalue weighted by atomic mass is 19.4. The van der Waals surface area contributed by atoms with E-state index < -0.39 is 59.2 Å². The molecule has 240 valence electrons. The summed E-state index contributed by atoms with van der Waals surface area (Å²) < 4.78 is 92.2. The predicted molar refractivity (Wildman–Crippen MR) is 150 cm³/mol. The van der Waals surface area contributed by atoms with Crippen molar-refractivity contribution in [1.82, 2.24) is 4.90 Å². The number of rotatable bonds is 8. The zero-order valence-electron chi connectivity index (χ0n) is 25.0. The molecule has 1 fully saturated rings. The maximum atomic E-state index is 13.5. The Morgan fingerprint density at radius 2 is 1.70 bits per heavy atom. The Balaban J connectivity index is 1.73. The molecule has 0 aromatic heterocycles. The third kappa shape index (κ3) is 7.15. The number of halogens is 6. The van der Waals surface area contributed by atoms with Crippen LogP contribution < -0.4 is 4.74 Å². The Hall–Kier alpha value is -3.70. The molecule has 1 unspecified atom stereocenters. The smallest absolute Gasteiger partial charge is 0.416 e. The average molecular weight is 628 g/mol. The maximum Gasteiger partial charge on any atom is 0.416 e. The van der Waals surface area contributed by atoms with Crippen LogP contribution in [0.2, 0.25) is 0 Å². The summed E-state index contributed by atoms with van der Waals surface area (Å²) in [7, 11) is 1.51. The van der Waals surface area contributed by atoms with Gasteiger partial charge in [-0.2, -0.15) is 26.3 Å². The van der Waals surface area contributed by atoms with E-state index in [1.54, 1.807) is 19.1 Å². The summed E-state index contributed by atoms with van der Waals surface area (Å²) in [6, 6.07) is 5.79. The van der Waals surface area contributed by atoms with Crippen LogP contribution in [0.15, 0.2) is 42.0 Å². The highest BCUT2D eigenvalue weighted by molar-refractivity contribution is 5.77. The van der Waals surface area contributed by atoms with E-state index in [1.165, 1.54) is 18.9 Å². The van der Waals surface area contributed by atoms with Gasteiger partial charge in [-0.1, -0.05) is 26.8 Å². The standard InChI is InChI=1S/C32H35F6NO5/c1-17(28(40)41)10-19-6-7-26(43-5)25(11-19)24-8-9-30(3,4)15-21(24)16-39-18(2)27(44-29(39)42)20-12-22(31(33,34)35)14-23(13-20)32(36,37)38/h6-7,11-14,17-18,27H,8-10,15-16H2,1-5H3,(H,40,41)/t17?,18-,27-/m0/s1. The second-order valence-corrected chi connectivity index (χ2v) is 12.4. The molecule has 6 nitrogen and oxygen atoms in total. The molecule has 2 aromatic rings. The predicted octanol–water partition coefficient (Wildman–Crippen LogP) is 8.54. The number of cyclic esters (lactones) is 1. The van der Waals surface area contributed by atoms with Crippen LogP contribution in [0, 0.1) is 11.3 Å². The van der Waals surface area contributed by atoms with Crippen molar-refractivity contribution < 1.29 is 50.5 Å². The van der Waals surface area contributed by atoms with Gasteiger partial charge in [0.2, 0.25) is 0 Å². The number of ether oxygens (including phenoxy) is 2. The van der Waals surface area contributed by atoms with Crippen LogP contribution in [-0.2, 0) is 28.3 Å². The van der Waals surface area contributed by atoms with Crippen LogP contribution in [0.25, 0.3) is 5.57 Å². The van der Waals surface area contributed by atoms with Crippen LogP contribution in [-0.4, -0.2) is 41.8 Å². The van der Waals surface area contributed by atoms with Gasteiger partial charge in [-0.15, -0.1) is 0 Å². The monoisotopic (exact) mass is 627 g/mol. The highest BCUT2D eigenvalue weighted by Gasteiger charge is 2.44. The van der Waals surface area contributed by atoms with Crippen molar-refractivity contribution in [2.75, 3.05) is 13.7 Å². The number of benzene rings is 2. The number of nitrogens with zero attached hydrogens (tertiary/aromatic N) is 1. The molecule has 0 radical (unpaired) electrons. The van der Waals surface area contributed by atoms with Crippen molar-refractivity contribution in [2.45, 2.75) is 77.9 Å². The minimum atomic E-state index is -5.04. The lowest BCUT2D eigenvalue weighted by Crippen LogP contribution is -2.35. The second kappa shape index (κ2) is 12.0. The molecule has 4 rings (SSSR count). The SMILES string of the molecule is COc1ccc(CC(C)C(=O)O)cc1C1=C(CN2C(=O)O[C@H](c3cc(C(F)(F)F)cc(C(F)(F)F)c3)[C@@H]2C)CC(C)(C)CC1. The van der Waals surface area contributed by atoms with Crippen LogP contribution in [0.4, 0.5) is 31.1 Å². The number of methoxy groups -OCH3 is 1. The summed E-state index contributed by atoms with van der Waals surface area (Å²) in [5, 5.41) is 9.39. The van der Waals surface area contributed by atoms with E-state index in [-0.39, 0.29) is 24.4 Å². The van der Waals surface area contributed by atoms with Crippen LogP contribution >= 0.6 is 0 Å². The minimum absolute atomic E-state index is 0.0409. The van der Waals surface area contributed by atoms with Gasteiger partial charge >= 0.3 is 24.4 Å². The summed E-state index contributed by atoms with van der Waals surface area (Å²) in [4.78, 5) is 25.9. The van der Waals surface area contributed by atoms with Crippen LogP contribution in [0.3, 0.4) is 0 Å².